The largest absolute Gasteiger partial charge is 0.448 e. The maximum atomic E-state index is 12.0. The van der Waals surface area contributed by atoms with Crippen LogP contribution in [0.3, 0.4) is 0 Å². The number of ether oxygens (including phenoxy) is 1. The van der Waals surface area contributed by atoms with Crippen LogP contribution in [0.2, 0.25) is 0 Å². The Balaban J connectivity index is 1.97. The Morgan fingerprint density at radius 3 is 2.65 bits per heavy atom. The van der Waals surface area contributed by atoms with Gasteiger partial charge in [-0.3, -0.25) is 4.79 Å². The van der Waals surface area contributed by atoms with Gasteiger partial charge in [0.05, 0.1) is 6.54 Å². The highest BCUT2D eigenvalue weighted by Gasteiger charge is 2.25. The first-order valence-electron chi connectivity index (χ1n) is 6.40. The minimum Gasteiger partial charge on any atom is -0.448 e. The minimum absolute atomic E-state index is 0.148. The number of rotatable bonds is 6. The zero-order valence-electron chi connectivity index (χ0n) is 12.0. The molecule has 1 atom stereocenters. The zero-order chi connectivity index (χ0) is 17.0. The van der Waals surface area contributed by atoms with E-state index in [1.165, 1.54) is 29.7 Å². The molecular weight excluding hydrogens is 360 g/mol. The molecule has 0 saturated heterocycles. The van der Waals surface area contributed by atoms with Gasteiger partial charge in [-0.1, -0.05) is 6.07 Å². The lowest BCUT2D eigenvalue weighted by Gasteiger charge is -2.13. The van der Waals surface area contributed by atoms with E-state index in [2.05, 4.69) is 5.32 Å². The highest BCUT2D eigenvalue weighted by Crippen LogP contribution is 2.22. The quantitative estimate of drug-likeness (QED) is 0.740. The first-order chi connectivity index (χ1) is 10.8. The monoisotopic (exact) mass is 374 g/mol. The third kappa shape index (κ3) is 4.61. The summed E-state index contributed by atoms with van der Waals surface area (Å²) < 4.78 is 27.7. The fraction of sp³-hybridized carbons (Fsp3) is 0.231. The third-order valence-electron chi connectivity index (χ3n) is 2.79. The lowest BCUT2D eigenvalue weighted by Crippen LogP contribution is -2.35. The molecule has 0 fully saturated rings. The second-order valence-electron chi connectivity index (χ2n) is 4.50. The van der Waals surface area contributed by atoms with Crippen molar-refractivity contribution >= 4 is 44.6 Å². The second-order valence-corrected chi connectivity index (χ2v) is 7.98. The van der Waals surface area contributed by atoms with Crippen LogP contribution in [-0.4, -0.2) is 26.4 Å². The molecule has 0 spiro atoms. The van der Waals surface area contributed by atoms with E-state index in [-0.39, 0.29) is 9.77 Å². The summed E-state index contributed by atoms with van der Waals surface area (Å²) in [6.07, 6.45) is -1.06. The summed E-state index contributed by atoms with van der Waals surface area (Å²) in [7, 11) is -4.02. The summed E-state index contributed by atoms with van der Waals surface area (Å²) in [4.78, 5) is 24.4. The summed E-state index contributed by atoms with van der Waals surface area (Å²) >= 11 is 2.38. The molecule has 3 N–H and O–H groups in total. The van der Waals surface area contributed by atoms with Crippen LogP contribution in [0, 0.1) is 0 Å². The molecule has 0 bridgehead atoms. The number of hydrogen-bond donors (Lipinski definition) is 2. The summed E-state index contributed by atoms with van der Waals surface area (Å²) in [5.41, 5.74) is 0. The Bertz CT molecular complexity index is 795. The van der Waals surface area contributed by atoms with E-state index in [1.54, 1.807) is 0 Å². The van der Waals surface area contributed by atoms with E-state index < -0.39 is 28.0 Å². The van der Waals surface area contributed by atoms with Crippen molar-refractivity contribution in [1.82, 2.24) is 5.32 Å². The van der Waals surface area contributed by atoms with Gasteiger partial charge in [0.25, 0.3) is 5.91 Å². The number of primary sulfonamides is 1. The van der Waals surface area contributed by atoms with Crippen LogP contribution in [0.1, 0.15) is 21.5 Å². The third-order valence-corrected chi connectivity index (χ3v) is 5.64. The van der Waals surface area contributed by atoms with Crippen molar-refractivity contribution in [2.24, 2.45) is 5.14 Å². The normalized spacial score (nSPS) is 12.6. The van der Waals surface area contributed by atoms with Crippen molar-refractivity contribution in [3.05, 3.63) is 38.7 Å². The number of esters is 1. The maximum Gasteiger partial charge on any atom is 0.350 e. The van der Waals surface area contributed by atoms with Gasteiger partial charge in [-0.2, -0.15) is 0 Å². The molecular formula is C13H14N2O5S3. The Morgan fingerprint density at radius 1 is 1.30 bits per heavy atom. The average molecular weight is 374 g/mol. The van der Waals surface area contributed by atoms with E-state index in [0.717, 1.165) is 16.2 Å². The lowest BCUT2D eigenvalue weighted by atomic mass is 10.3. The number of carbonyl (C=O) groups is 2. The SMILES string of the molecule is CC(OC(=O)c1sccc1S(N)(=O)=O)C(=O)NCc1cccs1. The molecule has 2 aromatic rings. The molecule has 7 nitrogen and oxygen atoms in total. The molecule has 1 unspecified atom stereocenters. The first kappa shape index (κ1) is 17.6. The van der Waals surface area contributed by atoms with Crippen molar-refractivity contribution in [2.75, 3.05) is 0 Å². The number of sulfonamides is 1. The fourth-order valence-electron chi connectivity index (χ4n) is 1.67. The van der Waals surface area contributed by atoms with Gasteiger partial charge in [0.2, 0.25) is 10.0 Å². The van der Waals surface area contributed by atoms with Gasteiger partial charge in [-0.25, -0.2) is 18.4 Å². The molecule has 124 valence electrons. The molecule has 0 radical (unpaired) electrons. The highest BCUT2D eigenvalue weighted by molar-refractivity contribution is 7.89. The van der Waals surface area contributed by atoms with Crippen molar-refractivity contribution in [3.63, 3.8) is 0 Å². The van der Waals surface area contributed by atoms with Crippen LogP contribution in [0.4, 0.5) is 0 Å². The molecule has 1 amide bonds. The van der Waals surface area contributed by atoms with Gasteiger partial charge >= 0.3 is 5.97 Å². The Kier molecular flexibility index (Phi) is 5.52. The Labute approximate surface area is 141 Å². The molecule has 2 heterocycles. The van der Waals surface area contributed by atoms with E-state index in [9.17, 15) is 18.0 Å². The number of carbonyl (C=O) groups excluding carboxylic acids is 2. The van der Waals surface area contributed by atoms with Crippen molar-refractivity contribution in [3.8, 4) is 0 Å². The van der Waals surface area contributed by atoms with Gasteiger partial charge in [0.1, 0.15) is 9.77 Å². The summed E-state index contributed by atoms with van der Waals surface area (Å²) in [6.45, 7) is 1.74. The molecule has 0 aliphatic rings. The summed E-state index contributed by atoms with van der Waals surface area (Å²) in [6, 6.07) is 4.95. The lowest BCUT2D eigenvalue weighted by molar-refractivity contribution is -0.129. The summed E-state index contributed by atoms with van der Waals surface area (Å²) in [5, 5.41) is 11.0. The van der Waals surface area contributed by atoms with Gasteiger partial charge in [-0.05, 0) is 29.8 Å². The fourth-order valence-corrected chi connectivity index (χ4v) is 4.16. The number of nitrogens with one attached hydrogen (secondary N) is 1. The summed E-state index contributed by atoms with van der Waals surface area (Å²) in [5.74, 6) is -1.37. The van der Waals surface area contributed by atoms with Crippen molar-refractivity contribution < 1.29 is 22.7 Å². The Morgan fingerprint density at radius 2 is 2.04 bits per heavy atom. The molecule has 2 rings (SSSR count). The number of amides is 1. The number of nitrogens with two attached hydrogens (primary N) is 1. The topological polar surface area (TPSA) is 116 Å². The highest BCUT2D eigenvalue weighted by atomic mass is 32.2. The van der Waals surface area contributed by atoms with Crippen LogP contribution in [0.25, 0.3) is 0 Å². The van der Waals surface area contributed by atoms with Crippen LogP contribution >= 0.6 is 22.7 Å². The van der Waals surface area contributed by atoms with E-state index in [0.29, 0.717) is 6.54 Å². The van der Waals surface area contributed by atoms with Crippen LogP contribution in [-0.2, 0) is 26.1 Å². The van der Waals surface area contributed by atoms with E-state index in [1.807, 2.05) is 17.5 Å². The molecule has 23 heavy (non-hydrogen) atoms. The molecule has 0 aliphatic heterocycles. The van der Waals surface area contributed by atoms with Crippen molar-refractivity contribution in [1.29, 1.82) is 0 Å². The Hall–Kier alpha value is -1.75. The van der Waals surface area contributed by atoms with E-state index in [4.69, 9.17) is 9.88 Å². The van der Waals surface area contributed by atoms with Crippen LogP contribution in [0.5, 0.6) is 0 Å². The molecule has 10 heteroatoms. The van der Waals surface area contributed by atoms with E-state index >= 15 is 0 Å². The molecule has 0 aromatic carbocycles. The average Bonchev–Trinajstić information content (AvgIpc) is 3.14. The van der Waals surface area contributed by atoms with Crippen molar-refractivity contribution in [2.45, 2.75) is 24.5 Å². The first-order valence-corrected chi connectivity index (χ1v) is 9.71. The second kappa shape index (κ2) is 7.21. The van der Waals surface area contributed by atoms with Crippen LogP contribution < -0.4 is 10.5 Å². The van der Waals surface area contributed by atoms with Gasteiger partial charge in [0, 0.05) is 4.88 Å². The predicted molar refractivity (Wildman–Crippen MR) is 86.7 cm³/mol. The standard InChI is InChI=1S/C13H14N2O5S3/c1-8(12(16)15-7-9-3-2-5-21-9)20-13(17)11-10(4-6-22-11)23(14,18)19/h2-6,8H,7H2,1H3,(H,15,16)(H2,14,18,19). The van der Waals surface area contributed by atoms with Crippen LogP contribution in [0.15, 0.2) is 33.9 Å². The molecule has 0 aliphatic carbocycles. The smallest absolute Gasteiger partial charge is 0.350 e. The number of thiophene rings is 2. The molecule has 0 saturated carbocycles. The van der Waals surface area contributed by atoms with Gasteiger partial charge in [-0.15, -0.1) is 22.7 Å². The minimum atomic E-state index is -4.02. The number of hydrogen-bond acceptors (Lipinski definition) is 7. The molecule has 2 aromatic heterocycles. The zero-order valence-corrected chi connectivity index (χ0v) is 14.5. The predicted octanol–water partition coefficient (Wildman–Crippen LogP) is 1.32. The van der Waals surface area contributed by atoms with Gasteiger partial charge < -0.3 is 10.1 Å². The maximum absolute atomic E-state index is 12.0. The van der Waals surface area contributed by atoms with Gasteiger partial charge in [0.15, 0.2) is 6.10 Å².